The summed E-state index contributed by atoms with van der Waals surface area (Å²) in [6.45, 7) is 1.85. The number of carbonyl (C=O) groups is 2. The highest BCUT2D eigenvalue weighted by Gasteiger charge is 2.36. The average Bonchev–Trinajstić information content (AvgIpc) is 2.84. The van der Waals surface area contributed by atoms with Crippen LogP contribution in [0, 0.1) is 6.92 Å². The van der Waals surface area contributed by atoms with Crippen molar-refractivity contribution in [1.29, 1.82) is 0 Å². The van der Waals surface area contributed by atoms with Gasteiger partial charge in [0.25, 0.3) is 11.8 Å². The van der Waals surface area contributed by atoms with Crippen LogP contribution in [0.1, 0.15) is 26.4 Å². The molecule has 0 aliphatic carbocycles. The Bertz CT molecular complexity index is 593. The predicted octanol–water partition coefficient (Wildman–Crippen LogP) is 1.73. The summed E-state index contributed by atoms with van der Waals surface area (Å²) in [7, 11) is 0. The quantitative estimate of drug-likeness (QED) is 0.695. The van der Waals surface area contributed by atoms with E-state index in [9.17, 15) is 9.59 Å². The average molecular weight is 226 g/mol. The van der Waals surface area contributed by atoms with E-state index in [4.69, 9.17) is 0 Å². The fraction of sp³-hybridized carbons (Fsp3) is 0.0769. The summed E-state index contributed by atoms with van der Waals surface area (Å²) in [6, 6.07) is 10.5. The molecule has 4 heteroatoms. The van der Waals surface area contributed by atoms with E-state index in [1.54, 1.807) is 41.2 Å². The summed E-state index contributed by atoms with van der Waals surface area (Å²) in [6.07, 6.45) is 1.71. The van der Waals surface area contributed by atoms with Crippen LogP contribution in [0.25, 0.3) is 0 Å². The molecule has 0 unspecified atom stereocenters. The first-order chi connectivity index (χ1) is 8.20. The van der Waals surface area contributed by atoms with Crippen LogP contribution < -0.4 is 5.01 Å². The second kappa shape index (κ2) is 3.31. The third-order valence-corrected chi connectivity index (χ3v) is 2.91. The molecule has 0 fully saturated rings. The second-order valence-electron chi connectivity index (χ2n) is 3.96. The van der Waals surface area contributed by atoms with E-state index >= 15 is 0 Å². The lowest BCUT2D eigenvalue weighted by Crippen LogP contribution is -2.39. The van der Waals surface area contributed by atoms with E-state index in [2.05, 4.69) is 0 Å². The molecule has 0 N–H and O–H groups in total. The molecular weight excluding hydrogens is 216 g/mol. The molecule has 1 aromatic heterocycles. The van der Waals surface area contributed by atoms with E-state index in [0.29, 0.717) is 11.1 Å². The van der Waals surface area contributed by atoms with Crippen LogP contribution in [-0.2, 0) is 0 Å². The highest BCUT2D eigenvalue weighted by Crippen LogP contribution is 2.22. The molecule has 1 aliphatic heterocycles. The Morgan fingerprint density at radius 3 is 1.94 bits per heavy atom. The van der Waals surface area contributed by atoms with Crippen LogP contribution in [0.3, 0.4) is 0 Å². The molecule has 2 heterocycles. The number of aromatic nitrogens is 1. The van der Waals surface area contributed by atoms with Crippen molar-refractivity contribution in [2.24, 2.45) is 0 Å². The molecule has 0 atom stereocenters. The lowest BCUT2D eigenvalue weighted by molar-refractivity contribution is 0.0885. The van der Waals surface area contributed by atoms with Crippen LogP contribution in [-0.4, -0.2) is 16.5 Å². The highest BCUT2D eigenvalue weighted by atomic mass is 16.2. The maximum atomic E-state index is 12.1. The van der Waals surface area contributed by atoms with Crippen LogP contribution in [0.2, 0.25) is 0 Å². The summed E-state index contributed by atoms with van der Waals surface area (Å²) in [5.41, 5.74) is 1.77. The zero-order chi connectivity index (χ0) is 12.0. The molecule has 0 saturated heterocycles. The number of amides is 2. The van der Waals surface area contributed by atoms with Crippen LogP contribution in [0.5, 0.6) is 0 Å². The number of fused-ring (bicyclic) bond motifs is 1. The van der Waals surface area contributed by atoms with Crippen molar-refractivity contribution in [2.75, 3.05) is 5.01 Å². The van der Waals surface area contributed by atoms with Gasteiger partial charge in [-0.15, -0.1) is 0 Å². The van der Waals surface area contributed by atoms with Gasteiger partial charge in [-0.1, -0.05) is 12.1 Å². The molecule has 3 rings (SSSR count). The van der Waals surface area contributed by atoms with Gasteiger partial charge in [-0.05, 0) is 31.2 Å². The van der Waals surface area contributed by atoms with Crippen molar-refractivity contribution < 1.29 is 9.59 Å². The largest absolute Gasteiger partial charge is 0.281 e. The Balaban J connectivity index is 2.16. The van der Waals surface area contributed by atoms with Gasteiger partial charge in [-0.2, -0.15) is 5.01 Å². The van der Waals surface area contributed by atoms with Crippen molar-refractivity contribution in [2.45, 2.75) is 6.92 Å². The summed E-state index contributed by atoms with van der Waals surface area (Å²) < 4.78 is 1.57. The Labute approximate surface area is 98.0 Å². The lowest BCUT2D eigenvalue weighted by Gasteiger charge is -2.16. The number of rotatable bonds is 1. The van der Waals surface area contributed by atoms with E-state index in [-0.39, 0.29) is 11.8 Å². The Kier molecular flexibility index (Phi) is 1.92. The van der Waals surface area contributed by atoms with Crippen LogP contribution >= 0.6 is 0 Å². The molecular formula is C13H10N2O2. The standard InChI is InChI=1S/C13H10N2O2/c1-9-5-4-8-14(9)15-12(16)10-6-2-3-7-11(10)13(15)17/h2-8H,1H3. The number of nitrogens with zero attached hydrogens (tertiary/aromatic N) is 2. The first kappa shape index (κ1) is 9.84. The number of imide groups is 1. The molecule has 84 valence electrons. The maximum Gasteiger partial charge on any atom is 0.281 e. The number of carbonyl (C=O) groups excluding carboxylic acids is 2. The molecule has 0 spiro atoms. The molecule has 2 aromatic rings. The molecule has 1 aromatic carbocycles. The summed E-state index contributed by atoms with van der Waals surface area (Å²) in [5, 5.41) is 1.17. The van der Waals surface area contributed by atoms with E-state index in [0.717, 1.165) is 5.69 Å². The van der Waals surface area contributed by atoms with Crippen molar-refractivity contribution in [3.63, 3.8) is 0 Å². The zero-order valence-corrected chi connectivity index (χ0v) is 9.25. The van der Waals surface area contributed by atoms with Crippen molar-refractivity contribution in [1.82, 2.24) is 4.68 Å². The monoisotopic (exact) mass is 226 g/mol. The molecule has 1 aliphatic rings. The van der Waals surface area contributed by atoms with Crippen LogP contribution in [0.15, 0.2) is 42.6 Å². The Morgan fingerprint density at radius 2 is 1.47 bits per heavy atom. The van der Waals surface area contributed by atoms with Gasteiger partial charge < -0.3 is 0 Å². The molecule has 4 nitrogen and oxygen atoms in total. The Hall–Kier alpha value is -2.36. The zero-order valence-electron chi connectivity index (χ0n) is 9.25. The predicted molar refractivity (Wildman–Crippen MR) is 62.5 cm³/mol. The molecule has 2 amide bonds. The van der Waals surface area contributed by atoms with E-state index in [1.807, 2.05) is 13.0 Å². The van der Waals surface area contributed by atoms with Crippen molar-refractivity contribution in [3.8, 4) is 0 Å². The van der Waals surface area contributed by atoms with Gasteiger partial charge in [0.05, 0.1) is 11.1 Å². The minimum Gasteiger partial charge on any atom is -0.267 e. The first-order valence-electron chi connectivity index (χ1n) is 5.32. The minimum atomic E-state index is -0.273. The van der Waals surface area contributed by atoms with E-state index in [1.165, 1.54) is 5.01 Å². The molecule has 0 bridgehead atoms. The molecule has 0 saturated carbocycles. The van der Waals surface area contributed by atoms with Gasteiger partial charge in [-0.25, -0.2) is 0 Å². The summed E-state index contributed by atoms with van der Waals surface area (Å²) in [4.78, 5) is 24.3. The van der Waals surface area contributed by atoms with Crippen molar-refractivity contribution in [3.05, 3.63) is 59.4 Å². The fourth-order valence-corrected chi connectivity index (χ4v) is 2.05. The smallest absolute Gasteiger partial charge is 0.267 e. The fourth-order valence-electron chi connectivity index (χ4n) is 2.05. The van der Waals surface area contributed by atoms with E-state index < -0.39 is 0 Å². The third kappa shape index (κ3) is 1.24. The summed E-state index contributed by atoms with van der Waals surface area (Å²) in [5.74, 6) is -0.546. The Morgan fingerprint density at radius 1 is 0.882 bits per heavy atom. The number of hydrogen-bond acceptors (Lipinski definition) is 2. The topological polar surface area (TPSA) is 42.3 Å². The van der Waals surface area contributed by atoms with Crippen LogP contribution in [0.4, 0.5) is 0 Å². The SMILES string of the molecule is Cc1cccn1N1C(=O)c2ccccc2C1=O. The normalized spacial score (nSPS) is 14.3. The van der Waals surface area contributed by atoms with Gasteiger partial charge in [-0.3, -0.25) is 14.3 Å². The lowest BCUT2D eigenvalue weighted by atomic mass is 10.1. The highest BCUT2D eigenvalue weighted by molar-refractivity contribution is 6.30. The second-order valence-corrected chi connectivity index (χ2v) is 3.96. The molecule has 0 radical (unpaired) electrons. The van der Waals surface area contributed by atoms with Gasteiger partial charge in [0.1, 0.15) is 0 Å². The summed E-state index contributed by atoms with van der Waals surface area (Å²) >= 11 is 0. The number of hydrogen-bond donors (Lipinski definition) is 0. The first-order valence-corrected chi connectivity index (χ1v) is 5.32. The van der Waals surface area contributed by atoms with Gasteiger partial charge >= 0.3 is 0 Å². The molecule has 17 heavy (non-hydrogen) atoms. The van der Waals surface area contributed by atoms with Crippen molar-refractivity contribution >= 4 is 11.8 Å². The minimum absolute atomic E-state index is 0.273. The van der Waals surface area contributed by atoms with Gasteiger partial charge in [0.15, 0.2) is 0 Å². The number of aryl methyl sites for hydroxylation is 1. The number of benzene rings is 1. The van der Waals surface area contributed by atoms with Gasteiger partial charge in [0.2, 0.25) is 0 Å². The maximum absolute atomic E-state index is 12.1. The third-order valence-electron chi connectivity index (χ3n) is 2.91. The van der Waals surface area contributed by atoms with Gasteiger partial charge in [0, 0.05) is 11.9 Å².